The molecule has 0 radical (unpaired) electrons. The van der Waals surface area contributed by atoms with Crippen molar-refractivity contribution in [1.29, 1.82) is 0 Å². The number of anilines is 1. The summed E-state index contributed by atoms with van der Waals surface area (Å²) in [7, 11) is 0. The van der Waals surface area contributed by atoms with Gasteiger partial charge in [-0.05, 0) is 24.3 Å². The van der Waals surface area contributed by atoms with Crippen molar-refractivity contribution in [1.82, 2.24) is 9.78 Å². The van der Waals surface area contributed by atoms with Gasteiger partial charge in [-0.25, -0.2) is 13.5 Å². The Morgan fingerprint density at radius 1 is 1.05 bits per heavy atom. The van der Waals surface area contributed by atoms with E-state index in [-0.39, 0.29) is 16.9 Å². The summed E-state index contributed by atoms with van der Waals surface area (Å²) >= 11 is 6.09. The zero-order valence-electron chi connectivity index (χ0n) is 10.7. The van der Waals surface area contributed by atoms with Crippen LogP contribution in [0, 0.1) is 11.6 Å². The first-order chi connectivity index (χ1) is 10.1. The summed E-state index contributed by atoms with van der Waals surface area (Å²) in [5.41, 5.74) is 6.89. The Morgan fingerprint density at radius 3 is 2.57 bits per heavy atom. The molecule has 0 aliphatic carbocycles. The lowest BCUT2D eigenvalue weighted by molar-refractivity contribution is 0.511. The van der Waals surface area contributed by atoms with Crippen LogP contribution in [0.15, 0.2) is 48.7 Å². The number of hydrogen-bond acceptors (Lipinski definition) is 2. The van der Waals surface area contributed by atoms with Crippen LogP contribution in [-0.4, -0.2) is 9.78 Å². The van der Waals surface area contributed by atoms with Crippen molar-refractivity contribution in [2.75, 3.05) is 5.73 Å². The van der Waals surface area contributed by atoms with E-state index in [1.54, 1.807) is 24.3 Å². The highest BCUT2D eigenvalue weighted by Gasteiger charge is 2.16. The van der Waals surface area contributed by atoms with Crippen LogP contribution in [0.5, 0.6) is 0 Å². The Hall–Kier alpha value is -2.40. The molecule has 3 aromatic rings. The second kappa shape index (κ2) is 5.18. The SMILES string of the molecule is Nc1cn(-c2ccccc2Cl)nc1-c1cccc(F)c1F. The van der Waals surface area contributed by atoms with Crippen molar-refractivity contribution in [3.8, 4) is 16.9 Å². The van der Waals surface area contributed by atoms with E-state index < -0.39 is 11.6 Å². The van der Waals surface area contributed by atoms with E-state index in [9.17, 15) is 8.78 Å². The maximum absolute atomic E-state index is 13.9. The van der Waals surface area contributed by atoms with Gasteiger partial charge < -0.3 is 5.73 Å². The van der Waals surface area contributed by atoms with Gasteiger partial charge in [0.25, 0.3) is 0 Å². The predicted molar refractivity (Wildman–Crippen MR) is 78.3 cm³/mol. The quantitative estimate of drug-likeness (QED) is 0.776. The van der Waals surface area contributed by atoms with Gasteiger partial charge in [0.2, 0.25) is 0 Å². The van der Waals surface area contributed by atoms with Crippen LogP contribution in [0.4, 0.5) is 14.5 Å². The summed E-state index contributed by atoms with van der Waals surface area (Å²) in [6.07, 6.45) is 1.51. The molecule has 0 atom stereocenters. The smallest absolute Gasteiger partial charge is 0.168 e. The minimum Gasteiger partial charge on any atom is -0.396 e. The van der Waals surface area contributed by atoms with Crippen molar-refractivity contribution in [2.45, 2.75) is 0 Å². The molecule has 0 aliphatic rings. The molecule has 0 saturated heterocycles. The molecule has 0 unspecified atom stereocenters. The van der Waals surface area contributed by atoms with Crippen molar-refractivity contribution in [3.05, 3.63) is 65.3 Å². The highest BCUT2D eigenvalue weighted by atomic mass is 35.5. The molecule has 1 heterocycles. The third kappa shape index (κ3) is 2.36. The number of nitrogens with zero attached hydrogens (tertiary/aromatic N) is 2. The lowest BCUT2D eigenvalue weighted by atomic mass is 10.1. The van der Waals surface area contributed by atoms with Gasteiger partial charge in [0.05, 0.1) is 22.6 Å². The van der Waals surface area contributed by atoms with E-state index in [2.05, 4.69) is 5.10 Å². The molecule has 2 aromatic carbocycles. The number of hydrogen-bond donors (Lipinski definition) is 1. The molecule has 0 aliphatic heterocycles. The third-order valence-electron chi connectivity index (χ3n) is 3.05. The second-order valence-electron chi connectivity index (χ2n) is 4.43. The minimum atomic E-state index is -0.978. The summed E-state index contributed by atoms with van der Waals surface area (Å²) < 4.78 is 28.6. The summed E-state index contributed by atoms with van der Waals surface area (Å²) in [5, 5.41) is 4.69. The van der Waals surface area contributed by atoms with Crippen molar-refractivity contribution >= 4 is 17.3 Å². The molecule has 3 rings (SSSR count). The Morgan fingerprint density at radius 2 is 1.81 bits per heavy atom. The average Bonchev–Trinajstić information content (AvgIpc) is 2.84. The summed E-state index contributed by atoms with van der Waals surface area (Å²) in [6, 6.07) is 10.9. The van der Waals surface area contributed by atoms with Crippen LogP contribution in [0.2, 0.25) is 5.02 Å². The normalized spacial score (nSPS) is 10.8. The van der Waals surface area contributed by atoms with Crippen LogP contribution in [0.3, 0.4) is 0 Å². The van der Waals surface area contributed by atoms with Gasteiger partial charge in [0.1, 0.15) is 5.69 Å². The lowest BCUT2D eigenvalue weighted by Gasteiger charge is -2.03. The Balaban J connectivity index is 2.15. The van der Waals surface area contributed by atoms with E-state index >= 15 is 0 Å². The number of para-hydroxylation sites is 1. The fourth-order valence-corrected chi connectivity index (χ4v) is 2.27. The number of benzene rings is 2. The van der Waals surface area contributed by atoms with Crippen molar-refractivity contribution in [2.24, 2.45) is 0 Å². The van der Waals surface area contributed by atoms with Gasteiger partial charge in [-0.1, -0.05) is 29.8 Å². The van der Waals surface area contributed by atoms with Crippen molar-refractivity contribution < 1.29 is 8.78 Å². The van der Waals surface area contributed by atoms with Gasteiger partial charge in [0.15, 0.2) is 11.6 Å². The molecule has 0 saturated carbocycles. The van der Waals surface area contributed by atoms with E-state index in [4.69, 9.17) is 17.3 Å². The molecule has 0 spiro atoms. The van der Waals surface area contributed by atoms with Crippen LogP contribution in [0.25, 0.3) is 16.9 Å². The molecule has 1 aromatic heterocycles. The van der Waals surface area contributed by atoms with E-state index in [0.717, 1.165) is 6.07 Å². The first-order valence-corrected chi connectivity index (χ1v) is 6.50. The fraction of sp³-hybridized carbons (Fsp3) is 0. The zero-order chi connectivity index (χ0) is 15.0. The molecular formula is C15H10ClF2N3. The first kappa shape index (κ1) is 13.6. The lowest BCUT2D eigenvalue weighted by Crippen LogP contribution is -1.96. The summed E-state index contributed by atoms with van der Waals surface area (Å²) in [6.45, 7) is 0. The number of nitrogens with two attached hydrogens (primary N) is 1. The van der Waals surface area contributed by atoms with Gasteiger partial charge in [-0.3, -0.25) is 0 Å². The van der Waals surface area contributed by atoms with Crippen LogP contribution >= 0.6 is 11.6 Å². The Kier molecular flexibility index (Phi) is 3.35. The molecule has 3 nitrogen and oxygen atoms in total. The zero-order valence-corrected chi connectivity index (χ0v) is 11.5. The number of aromatic nitrogens is 2. The highest BCUT2D eigenvalue weighted by Crippen LogP contribution is 2.30. The monoisotopic (exact) mass is 305 g/mol. The third-order valence-corrected chi connectivity index (χ3v) is 3.37. The van der Waals surface area contributed by atoms with Gasteiger partial charge in [0, 0.05) is 5.56 Å². The summed E-state index contributed by atoms with van der Waals surface area (Å²) in [4.78, 5) is 0. The van der Waals surface area contributed by atoms with Crippen LogP contribution in [0.1, 0.15) is 0 Å². The number of halogens is 3. The Bertz CT molecular complexity index is 814. The molecule has 2 N–H and O–H groups in total. The first-order valence-electron chi connectivity index (χ1n) is 6.12. The van der Waals surface area contributed by atoms with E-state index in [0.29, 0.717) is 10.7 Å². The standard InChI is InChI=1S/C15H10ClF2N3/c16-10-5-1-2-7-13(10)21-8-12(19)15(20-21)9-4-3-6-11(17)14(9)18/h1-8H,19H2. The molecular weight excluding hydrogens is 296 g/mol. The molecule has 21 heavy (non-hydrogen) atoms. The van der Waals surface area contributed by atoms with Crippen molar-refractivity contribution in [3.63, 3.8) is 0 Å². The maximum atomic E-state index is 13.9. The second-order valence-corrected chi connectivity index (χ2v) is 4.84. The molecule has 6 heteroatoms. The molecule has 106 valence electrons. The maximum Gasteiger partial charge on any atom is 0.168 e. The van der Waals surface area contributed by atoms with E-state index in [1.165, 1.54) is 23.0 Å². The molecule has 0 amide bonds. The average molecular weight is 306 g/mol. The summed E-state index contributed by atoms with van der Waals surface area (Å²) in [5.74, 6) is -1.92. The molecule has 0 fully saturated rings. The van der Waals surface area contributed by atoms with Gasteiger partial charge in [-0.15, -0.1) is 0 Å². The fourth-order valence-electron chi connectivity index (χ4n) is 2.04. The highest BCUT2D eigenvalue weighted by molar-refractivity contribution is 6.32. The van der Waals surface area contributed by atoms with E-state index in [1.807, 2.05) is 0 Å². The topological polar surface area (TPSA) is 43.8 Å². The number of nitrogen functional groups attached to an aromatic ring is 1. The van der Waals surface area contributed by atoms with Crippen LogP contribution < -0.4 is 5.73 Å². The number of rotatable bonds is 2. The van der Waals surface area contributed by atoms with Gasteiger partial charge in [-0.2, -0.15) is 5.10 Å². The van der Waals surface area contributed by atoms with Gasteiger partial charge >= 0.3 is 0 Å². The Labute approximate surface area is 124 Å². The largest absolute Gasteiger partial charge is 0.396 e. The molecule has 0 bridgehead atoms. The predicted octanol–water partition coefficient (Wildman–Crippen LogP) is 4.05. The van der Waals surface area contributed by atoms with Crippen LogP contribution in [-0.2, 0) is 0 Å². The minimum absolute atomic E-state index is 0.0123.